The zero-order valence-corrected chi connectivity index (χ0v) is 10.0. The molecule has 1 aromatic rings. The molecule has 0 unspecified atom stereocenters. The molecule has 17 heavy (non-hydrogen) atoms. The summed E-state index contributed by atoms with van der Waals surface area (Å²) in [5, 5.41) is 3.05. The lowest BCUT2D eigenvalue weighted by Gasteiger charge is -2.43. The molecule has 1 aromatic carbocycles. The highest BCUT2D eigenvalue weighted by Gasteiger charge is 2.42. The predicted molar refractivity (Wildman–Crippen MR) is 64.9 cm³/mol. The van der Waals surface area contributed by atoms with Gasteiger partial charge >= 0.3 is 6.09 Å². The molecule has 0 saturated heterocycles. The van der Waals surface area contributed by atoms with Gasteiger partial charge in [-0.2, -0.15) is 0 Å². The second kappa shape index (κ2) is 3.76. The number of hydrogen-bond donors (Lipinski definition) is 1. The van der Waals surface area contributed by atoms with Crippen LogP contribution >= 0.6 is 0 Å². The number of para-hydroxylation sites is 1. The maximum Gasteiger partial charge on any atom is 0.413 e. The van der Waals surface area contributed by atoms with Crippen molar-refractivity contribution in [1.82, 2.24) is 5.32 Å². The van der Waals surface area contributed by atoms with E-state index in [1.54, 1.807) is 0 Å². The molecule has 1 spiro atoms. The van der Waals surface area contributed by atoms with Crippen LogP contribution in [0.4, 0.5) is 4.79 Å². The molecule has 1 saturated carbocycles. The SMILES string of the molecule is CC1CCC2(CC1)NC(=O)Oc1ccccc12. The fourth-order valence-electron chi connectivity index (χ4n) is 2.99. The number of amides is 1. The summed E-state index contributed by atoms with van der Waals surface area (Å²) < 4.78 is 5.24. The van der Waals surface area contributed by atoms with Crippen molar-refractivity contribution in [2.24, 2.45) is 5.92 Å². The standard InChI is InChI=1S/C14H17NO2/c1-10-6-8-14(9-7-10)11-4-2-3-5-12(11)17-13(16)15-14/h2-5,10H,6-9H2,1H3,(H,15,16). The largest absolute Gasteiger partial charge is 0.413 e. The van der Waals surface area contributed by atoms with E-state index in [0.29, 0.717) is 0 Å². The van der Waals surface area contributed by atoms with E-state index in [1.807, 2.05) is 18.2 Å². The van der Waals surface area contributed by atoms with E-state index < -0.39 is 0 Å². The average molecular weight is 231 g/mol. The van der Waals surface area contributed by atoms with Crippen molar-refractivity contribution in [3.05, 3.63) is 29.8 Å². The summed E-state index contributed by atoms with van der Waals surface area (Å²) >= 11 is 0. The Labute approximate surface area is 101 Å². The summed E-state index contributed by atoms with van der Waals surface area (Å²) in [6, 6.07) is 7.88. The Kier molecular flexibility index (Phi) is 2.35. The number of carbonyl (C=O) groups excluding carboxylic acids is 1. The highest BCUT2D eigenvalue weighted by atomic mass is 16.6. The predicted octanol–water partition coefficient (Wildman–Crippen LogP) is 3.19. The molecule has 0 aromatic heterocycles. The minimum atomic E-state index is -0.307. The van der Waals surface area contributed by atoms with Gasteiger partial charge in [-0.25, -0.2) is 4.79 Å². The number of hydrogen-bond acceptors (Lipinski definition) is 2. The third-order valence-corrected chi connectivity index (χ3v) is 4.07. The minimum Gasteiger partial charge on any atom is -0.410 e. The highest BCUT2D eigenvalue weighted by molar-refractivity contribution is 5.75. The zero-order valence-electron chi connectivity index (χ0n) is 10.0. The molecule has 1 fully saturated rings. The minimum absolute atomic E-state index is 0.182. The average Bonchev–Trinajstić information content (AvgIpc) is 2.33. The fraction of sp³-hybridized carbons (Fsp3) is 0.500. The third-order valence-electron chi connectivity index (χ3n) is 4.07. The van der Waals surface area contributed by atoms with Gasteiger partial charge in [0.1, 0.15) is 5.75 Å². The van der Waals surface area contributed by atoms with Crippen LogP contribution in [0.25, 0.3) is 0 Å². The van der Waals surface area contributed by atoms with Crippen LogP contribution in [0.5, 0.6) is 5.75 Å². The molecule has 1 aliphatic heterocycles. The van der Waals surface area contributed by atoms with Crippen molar-refractivity contribution in [1.29, 1.82) is 0 Å². The lowest BCUT2D eigenvalue weighted by Crippen LogP contribution is -2.52. The molecular formula is C14H17NO2. The molecule has 90 valence electrons. The monoisotopic (exact) mass is 231 g/mol. The molecule has 3 heteroatoms. The number of fused-ring (bicyclic) bond motifs is 2. The van der Waals surface area contributed by atoms with Gasteiger partial charge in [-0.3, -0.25) is 0 Å². The number of carbonyl (C=O) groups is 1. The molecule has 1 amide bonds. The molecule has 1 aliphatic carbocycles. The van der Waals surface area contributed by atoms with Crippen LogP contribution in [0, 0.1) is 5.92 Å². The molecule has 1 N–H and O–H groups in total. The first-order valence-electron chi connectivity index (χ1n) is 6.29. The molecule has 0 radical (unpaired) electrons. The Morgan fingerprint density at radius 1 is 1.29 bits per heavy atom. The molecule has 2 aliphatic rings. The second-order valence-electron chi connectivity index (χ2n) is 5.28. The van der Waals surface area contributed by atoms with Gasteiger partial charge in [-0.15, -0.1) is 0 Å². The summed E-state index contributed by atoms with van der Waals surface area (Å²) in [4.78, 5) is 11.6. The zero-order chi connectivity index (χ0) is 11.9. The van der Waals surface area contributed by atoms with Crippen molar-refractivity contribution in [3.8, 4) is 5.75 Å². The van der Waals surface area contributed by atoms with E-state index in [9.17, 15) is 4.79 Å². The van der Waals surface area contributed by atoms with Crippen LogP contribution in [0.3, 0.4) is 0 Å². The summed E-state index contributed by atoms with van der Waals surface area (Å²) in [5.74, 6) is 1.48. The first kappa shape index (κ1) is 10.6. The number of rotatable bonds is 0. The highest BCUT2D eigenvalue weighted by Crippen LogP contribution is 2.44. The molecular weight excluding hydrogens is 214 g/mol. The van der Waals surface area contributed by atoms with Gasteiger partial charge in [-0.05, 0) is 37.7 Å². The van der Waals surface area contributed by atoms with Gasteiger partial charge in [0.05, 0.1) is 5.54 Å². The molecule has 3 rings (SSSR count). The first-order chi connectivity index (χ1) is 8.20. The smallest absolute Gasteiger partial charge is 0.410 e. The van der Waals surface area contributed by atoms with Gasteiger partial charge in [0.2, 0.25) is 0 Å². The van der Waals surface area contributed by atoms with Crippen molar-refractivity contribution in [3.63, 3.8) is 0 Å². The van der Waals surface area contributed by atoms with Crippen molar-refractivity contribution in [2.45, 2.75) is 38.1 Å². The number of ether oxygens (including phenoxy) is 1. The van der Waals surface area contributed by atoms with Crippen LogP contribution in [0.1, 0.15) is 38.2 Å². The lowest BCUT2D eigenvalue weighted by molar-refractivity contribution is 0.139. The van der Waals surface area contributed by atoms with Crippen molar-refractivity contribution < 1.29 is 9.53 Å². The Hall–Kier alpha value is -1.51. The summed E-state index contributed by atoms with van der Waals surface area (Å²) in [7, 11) is 0. The summed E-state index contributed by atoms with van der Waals surface area (Å²) in [6.07, 6.45) is 4.04. The van der Waals surface area contributed by atoms with Gasteiger partial charge in [0.15, 0.2) is 0 Å². The van der Waals surface area contributed by atoms with Gasteiger partial charge < -0.3 is 10.1 Å². The Morgan fingerprint density at radius 2 is 2.00 bits per heavy atom. The molecule has 1 heterocycles. The van der Waals surface area contributed by atoms with E-state index in [0.717, 1.165) is 42.9 Å². The quantitative estimate of drug-likeness (QED) is 0.744. The van der Waals surface area contributed by atoms with E-state index in [1.165, 1.54) is 0 Å². The van der Waals surface area contributed by atoms with Crippen molar-refractivity contribution >= 4 is 6.09 Å². The maximum atomic E-state index is 11.6. The Bertz CT molecular complexity index is 447. The van der Waals surface area contributed by atoms with Gasteiger partial charge in [0, 0.05) is 5.56 Å². The lowest BCUT2D eigenvalue weighted by atomic mass is 9.72. The maximum absolute atomic E-state index is 11.6. The van der Waals surface area contributed by atoms with Gasteiger partial charge in [0.25, 0.3) is 0 Å². The van der Waals surface area contributed by atoms with Crippen LogP contribution < -0.4 is 10.1 Å². The first-order valence-corrected chi connectivity index (χ1v) is 6.29. The van der Waals surface area contributed by atoms with E-state index in [2.05, 4.69) is 18.3 Å². The van der Waals surface area contributed by atoms with Crippen LogP contribution in [-0.4, -0.2) is 6.09 Å². The van der Waals surface area contributed by atoms with Crippen LogP contribution in [0.15, 0.2) is 24.3 Å². The van der Waals surface area contributed by atoms with Crippen LogP contribution in [-0.2, 0) is 5.54 Å². The van der Waals surface area contributed by atoms with Crippen LogP contribution in [0.2, 0.25) is 0 Å². The van der Waals surface area contributed by atoms with E-state index in [-0.39, 0.29) is 11.6 Å². The third kappa shape index (κ3) is 1.70. The van der Waals surface area contributed by atoms with Gasteiger partial charge in [-0.1, -0.05) is 25.1 Å². The van der Waals surface area contributed by atoms with E-state index in [4.69, 9.17) is 4.74 Å². The summed E-state index contributed by atoms with van der Waals surface area (Å²) in [6.45, 7) is 2.28. The number of nitrogens with one attached hydrogen (secondary N) is 1. The topological polar surface area (TPSA) is 38.3 Å². The molecule has 0 atom stereocenters. The van der Waals surface area contributed by atoms with E-state index >= 15 is 0 Å². The Morgan fingerprint density at radius 3 is 2.76 bits per heavy atom. The molecule has 0 bridgehead atoms. The second-order valence-corrected chi connectivity index (χ2v) is 5.28. The molecule has 3 nitrogen and oxygen atoms in total. The number of benzene rings is 1. The summed E-state index contributed by atoms with van der Waals surface area (Å²) in [5.41, 5.74) is 0.963. The normalized spacial score (nSPS) is 31.6. The Balaban J connectivity index is 2.02. The fourth-order valence-corrected chi connectivity index (χ4v) is 2.99. The van der Waals surface area contributed by atoms with Crippen molar-refractivity contribution in [2.75, 3.05) is 0 Å².